The molecule has 2 atom stereocenters. The number of benzene rings is 1. The first kappa shape index (κ1) is 20.6. The van der Waals surface area contributed by atoms with Gasteiger partial charge in [-0.1, -0.05) is 43.5 Å². The molecule has 0 aromatic heterocycles. The average Bonchev–Trinajstić information content (AvgIpc) is 3.21. The van der Waals surface area contributed by atoms with Crippen LogP contribution in [-0.2, 0) is 14.3 Å². The molecule has 5 nitrogen and oxygen atoms in total. The van der Waals surface area contributed by atoms with Gasteiger partial charge < -0.3 is 14.8 Å². The van der Waals surface area contributed by atoms with Crippen molar-refractivity contribution >= 4 is 17.5 Å². The fraction of sp³-hybridized carbons (Fsp3) is 0.667. The minimum absolute atomic E-state index is 0.00313. The fourth-order valence-corrected chi connectivity index (χ4v) is 4.07. The molecule has 1 aliphatic heterocycles. The molecule has 1 aliphatic carbocycles. The first-order chi connectivity index (χ1) is 13.2. The van der Waals surface area contributed by atoms with Crippen molar-refractivity contribution in [2.45, 2.75) is 57.3 Å². The van der Waals surface area contributed by atoms with Crippen LogP contribution >= 0.6 is 11.6 Å². The zero-order valence-electron chi connectivity index (χ0n) is 16.2. The Morgan fingerprint density at radius 3 is 2.56 bits per heavy atom. The second kappa shape index (κ2) is 10.4. The zero-order valence-corrected chi connectivity index (χ0v) is 16.9. The van der Waals surface area contributed by atoms with E-state index in [2.05, 4.69) is 10.2 Å². The van der Waals surface area contributed by atoms with Gasteiger partial charge in [0.15, 0.2) is 0 Å². The molecule has 1 saturated heterocycles. The minimum atomic E-state index is -0.358. The summed E-state index contributed by atoms with van der Waals surface area (Å²) in [5.41, 5.74) is 1.16. The van der Waals surface area contributed by atoms with E-state index in [4.69, 9.17) is 21.1 Å². The highest BCUT2D eigenvalue weighted by Gasteiger charge is 2.27. The average molecular weight is 395 g/mol. The van der Waals surface area contributed by atoms with Gasteiger partial charge in [0.25, 0.3) is 0 Å². The molecule has 0 radical (unpaired) electrons. The molecule has 6 heteroatoms. The Bertz CT molecular complexity index is 584. The zero-order chi connectivity index (χ0) is 19.1. The molecule has 3 rings (SSSR count). The molecule has 1 heterocycles. The van der Waals surface area contributed by atoms with Crippen molar-refractivity contribution in [2.24, 2.45) is 0 Å². The monoisotopic (exact) mass is 394 g/mol. The van der Waals surface area contributed by atoms with Crippen molar-refractivity contribution in [3.8, 4) is 0 Å². The lowest BCUT2D eigenvalue weighted by molar-refractivity contribution is -0.137. The number of carbonyl (C=O) groups excluding carboxylic acids is 1. The molecular formula is C21H31ClN2O3. The molecule has 1 amide bonds. The predicted molar refractivity (Wildman–Crippen MR) is 107 cm³/mol. The Morgan fingerprint density at radius 1 is 1.26 bits per heavy atom. The van der Waals surface area contributed by atoms with E-state index in [0.717, 1.165) is 49.7 Å². The largest absolute Gasteiger partial charge is 0.379 e. The Labute approximate surface area is 167 Å². The number of ether oxygens (including phenoxy) is 2. The number of hydrogen-bond donors (Lipinski definition) is 1. The van der Waals surface area contributed by atoms with Crippen LogP contribution in [-0.4, -0.2) is 55.9 Å². The van der Waals surface area contributed by atoms with E-state index in [-0.39, 0.29) is 24.2 Å². The summed E-state index contributed by atoms with van der Waals surface area (Å²) in [6.45, 7) is 5.74. The molecule has 2 unspecified atom stereocenters. The third kappa shape index (κ3) is 5.92. The second-order valence-corrected chi connectivity index (χ2v) is 7.84. The highest BCUT2D eigenvalue weighted by molar-refractivity contribution is 6.30. The highest BCUT2D eigenvalue weighted by Crippen LogP contribution is 2.24. The molecule has 2 fully saturated rings. The standard InChI is InChI=1S/C21H31ClN2O3/c1-2-20(27-18-5-3-4-6-18)21(25)23-15-19(24-11-13-26-14-12-24)16-7-9-17(22)10-8-16/h7-10,18-20H,2-6,11-15H2,1H3,(H,23,25). The maximum Gasteiger partial charge on any atom is 0.249 e. The Morgan fingerprint density at radius 2 is 1.93 bits per heavy atom. The van der Waals surface area contributed by atoms with Crippen LogP contribution in [0, 0.1) is 0 Å². The molecule has 0 bridgehead atoms. The normalized spacial score (nSPS) is 21.1. The van der Waals surface area contributed by atoms with E-state index < -0.39 is 0 Å². The summed E-state index contributed by atoms with van der Waals surface area (Å²) in [6.07, 6.45) is 5.15. The van der Waals surface area contributed by atoms with Crippen LogP contribution in [0.1, 0.15) is 50.6 Å². The van der Waals surface area contributed by atoms with Gasteiger partial charge in [0, 0.05) is 24.7 Å². The summed E-state index contributed by atoms with van der Waals surface area (Å²) >= 11 is 6.05. The van der Waals surface area contributed by atoms with E-state index in [1.807, 2.05) is 31.2 Å². The van der Waals surface area contributed by atoms with E-state index in [9.17, 15) is 4.79 Å². The number of nitrogens with one attached hydrogen (secondary N) is 1. The van der Waals surface area contributed by atoms with Crippen molar-refractivity contribution in [3.63, 3.8) is 0 Å². The summed E-state index contributed by atoms with van der Waals surface area (Å²) in [6, 6.07) is 8.01. The smallest absolute Gasteiger partial charge is 0.249 e. The van der Waals surface area contributed by atoms with E-state index in [1.54, 1.807) is 0 Å². The lowest BCUT2D eigenvalue weighted by Gasteiger charge is -2.35. The Balaban J connectivity index is 1.62. The molecular weight excluding hydrogens is 364 g/mol. The van der Waals surface area contributed by atoms with Crippen molar-refractivity contribution < 1.29 is 14.3 Å². The van der Waals surface area contributed by atoms with Crippen LogP contribution in [0.25, 0.3) is 0 Å². The van der Waals surface area contributed by atoms with Crippen LogP contribution in [0.15, 0.2) is 24.3 Å². The van der Waals surface area contributed by atoms with Gasteiger partial charge in [0.2, 0.25) is 5.91 Å². The fourth-order valence-electron chi connectivity index (χ4n) is 3.94. The number of amides is 1. The maximum absolute atomic E-state index is 12.7. The summed E-state index contributed by atoms with van der Waals surface area (Å²) in [5.74, 6) is -0.00313. The van der Waals surface area contributed by atoms with Gasteiger partial charge in [0.1, 0.15) is 6.10 Å². The summed E-state index contributed by atoms with van der Waals surface area (Å²) in [7, 11) is 0. The van der Waals surface area contributed by atoms with Gasteiger partial charge in [-0.2, -0.15) is 0 Å². The first-order valence-corrected chi connectivity index (χ1v) is 10.6. The quantitative estimate of drug-likeness (QED) is 0.732. The van der Waals surface area contributed by atoms with Gasteiger partial charge in [-0.25, -0.2) is 0 Å². The number of rotatable bonds is 8. The molecule has 0 spiro atoms. The third-order valence-electron chi connectivity index (χ3n) is 5.53. The van der Waals surface area contributed by atoms with E-state index >= 15 is 0 Å². The molecule has 2 aliphatic rings. The van der Waals surface area contributed by atoms with E-state index in [1.165, 1.54) is 12.8 Å². The number of morpholine rings is 1. The number of halogens is 1. The third-order valence-corrected chi connectivity index (χ3v) is 5.78. The maximum atomic E-state index is 12.7. The van der Waals surface area contributed by atoms with Crippen molar-refractivity contribution in [2.75, 3.05) is 32.8 Å². The number of hydrogen-bond acceptors (Lipinski definition) is 4. The molecule has 27 heavy (non-hydrogen) atoms. The molecule has 1 aromatic rings. The minimum Gasteiger partial charge on any atom is -0.379 e. The SMILES string of the molecule is CCC(OC1CCCC1)C(=O)NCC(c1ccc(Cl)cc1)N1CCOCC1. The van der Waals surface area contributed by atoms with Crippen LogP contribution in [0.4, 0.5) is 0 Å². The molecule has 150 valence electrons. The van der Waals surface area contributed by atoms with Crippen molar-refractivity contribution in [3.05, 3.63) is 34.9 Å². The van der Waals surface area contributed by atoms with Crippen molar-refractivity contribution in [1.82, 2.24) is 10.2 Å². The first-order valence-electron chi connectivity index (χ1n) is 10.2. The van der Waals surface area contributed by atoms with Gasteiger partial charge in [0.05, 0.1) is 25.4 Å². The Hall–Kier alpha value is -1.14. The predicted octanol–water partition coefficient (Wildman–Crippen LogP) is 3.57. The van der Waals surface area contributed by atoms with Crippen LogP contribution < -0.4 is 5.32 Å². The van der Waals surface area contributed by atoms with Crippen LogP contribution in [0.5, 0.6) is 0 Å². The van der Waals surface area contributed by atoms with Crippen LogP contribution in [0.3, 0.4) is 0 Å². The second-order valence-electron chi connectivity index (χ2n) is 7.40. The van der Waals surface area contributed by atoms with Crippen molar-refractivity contribution in [1.29, 1.82) is 0 Å². The molecule has 1 N–H and O–H groups in total. The Kier molecular flexibility index (Phi) is 7.94. The lowest BCUT2D eigenvalue weighted by atomic mass is 10.0. The van der Waals surface area contributed by atoms with Gasteiger partial charge in [-0.05, 0) is 37.0 Å². The summed E-state index contributed by atoms with van der Waals surface area (Å²) < 4.78 is 11.5. The topological polar surface area (TPSA) is 50.8 Å². The van der Waals surface area contributed by atoms with Crippen LogP contribution in [0.2, 0.25) is 5.02 Å². The molecule has 1 aromatic carbocycles. The number of nitrogens with zero attached hydrogens (tertiary/aromatic N) is 1. The van der Waals surface area contributed by atoms with E-state index in [0.29, 0.717) is 13.0 Å². The highest BCUT2D eigenvalue weighted by atomic mass is 35.5. The lowest BCUT2D eigenvalue weighted by Crippen LogP contribution is -2.46. The van der Waals surface area contributed by atoms with Gasteiger partial charge in [-0.3, -0.25) is 9.69 Å². The molecule has 1 saturated carbocycles. The summed E-state index contributed by atoms with van der Waals surface area (Å²) in [5, 5.41) is 3.86. The van der Waals surface area contributed by atoms with Gasteiger partial charge >= 0.3 is 0 Å². The van der Waals surface area contributed by atoms with Gasteiger partial charge in [-0.15, -0.1) is 0 Å². The summed E-state index contributed by atoms with van der Waals surface area (Å²) in [4.78, 5) is 15.1. The number of carbonyl (C=O) groups is 1.